The van der Waals surface area contributed by atoms with Crippen LogP contribution < -0.4 is 5.32 Å². The van der Waals surface area contributed by atoms with Crippen LogP contribution in [0.2, 0.25) is 0 Å². The third-order valence-electron chi connectivity index (χ3n) is 3.10. The standard InChI is InChI=1S/C15H15NO2/c1-10-7-12(9-17-10)15(16-2)14-8-11-5-3-4-6-13(11)18-14/h3-9,15-16H,1-2H3. The topological polar surface area (TPSA) is 38.3 Å². The summed E-state index contributed by atoms with van der Waals surface area (Å²) in [4.78, 5) is 0. The summed E-state index contributed by atoms with van der Waals surface area (Å²) in [6.07, 6.45) is 1.77. The molecule has 92 valence electrons. The summed E-state index contributed by atoms with van der Waals surface area (Å²) in [7, 11) is 1.92. The van der Waals surface area contributed by atoms with Crippen molar-refractivity contribution >= 4 is 11.0 Å². The van der Waals surface area contributed by atoms with Crippen molar-refractivity contribution in [1.29, 1.82) is 0 Å². The van der Waals surface area contributed by atoms with E-state index in [0.717, 1.165) is 28.1 Å². The Morgan fingerprint density at radius 3 is 2.67 bits per heavy atom. The smallest absolute Gasteiger partial charge is 0.134 e. The van der Waals surface area contributed by atoms with Crippen LogP contribution in [0.1, 0.15) is 23.1 Å². The molecule has 0 radical (unpaired) electrons. The van der Waals surface area contributed by atoms with Gasteiger partial charge in [-0.25, -0.2) is 0 Å². The molecule has 0 saturated carbocycles. The van der Waals surface area contributed by atoms with Crippen LogP contribution in [-0.4, -0.2) is 7.05 Å². The van der Waals surface area contributed by atoms with E-state index in [4.69, 9.17) is 8.83 Å². The fraction of sp³-hybridized carbons (Fsp3) is 0.200. The zero-order chi connectivity index (χ0) is 12.5. The van der Waals surface area contributed by atoms with Crippen molar-refractivity contribution in [1.82, 2.24) is 5.32 Å². The zero-order valence-corrected chi connectivity index (χ0v) is 10.4. The number of nitrogens with one attached hydrogen (secondary N) is 1. The minimum Gasteiger partial charge on any atom is -0.469 e. The van der Waals surface area contributed by atoms with Crippen molar-refractivity contribution in [3.8, 4) is 0 Å². The van der Waals surface area contributed by atoms with E-state index in [1.807, 2.05) is 38.2 Å². The predicted octanol–water partition coefficient (Wildman–Crippen LogP) is 3.64. The summed E-state index contributed by atoms with van der Waals surface area (Å²) < 4.78 is 11.2. The van der Waals surface area contributed by atoms with Gasteiger partial charge < -0.3 is 14.2 Å². The highest BCUT2D eigenvalue weighted by molar-refractivity contribution is 5.77. The molecule has 3 rings (SSSR count). The molecule has 0 fully saturated rings. The van der Waals surface area contributed by atoms with Gasteiger partial charge in [-0.1, -0.05) is 18.2 Å². The molecule has 1 N–H and O–H groups in total. The van der Waals surface area contributed by atoms with E-state index in [9.17, 15) is 0 Å². The maximum atomic E-state index is 5.88. The minimum atomic E-state index is 0.0230. The van der Waals surface area contributed by atoms with Gasteiger partial charge in [0.25, 0.3) is 0 Å². The molecule has 0 aliphatic heterocycles. The van der Waals surface area contributed by atoms with E-state index in [0.29, 0.717) is 0 Å². The van der Waals surface area contributed by atoms with Crippen molar-refractivity contribution in [2.24, 2.45) is 0 Å². The van der Waals surface area contributed by atoms with Crippen LogP contribution in [0.15, 0.2) is 51.5 Å². The third-order valence-corrected chi connectivity index (χ3v) is 3.10. The SMILES string of the molecule is CNC(c1coc(C)c1)c1cc2ccccc2o1. The first kappa shape index (κ1) is 11.1. The van der Waals surface area contributed by atoms with Crippen LogP contribution in [0.25, 0.3) is 11.0 Å². The fourth-order valence-electron chi connectivity index (χ4n) is 2.23. The van der Waals surface area contributed by atoms with Crippen molar-refractivity contribution in [2.75, 3.05) is 7.05 Å². The van der Waals surface area contributed by atoms with Crippen LogP contribution in [0.5, 0.6) is 0 Å². The molecule has 3 aromatic rings. The largest absolute Gasteiger partial charge is 0.469 e. The number of benzene rings is 1. The summed E-state index contributed by atoms with van der Waals surface area (Å²) in [6.45, 7) is 1.94. The molecule has 3 nitrogen and oxygen atoms in total. The zero-order valence-electron chi connectivity index (χ0n) is 10.4. The van der Waals surface area contributed by atoms with Crippen LogP contribution in [0.3, 0.4) is 0 Å². The average Bonchev–Trinajstić information content (AvgIpc) is 2.96. The van der Waals surface area contributed by atoms with Gasteiger partial charge in [0.2, 0.25) is 0 Å². The van der Waals surface area contributed by atoms with Gasteiger partial charge in [-0.05, 0) is 32.2 Å². The molecule has 0 aliphatic carbocycles. The normalized spacial score (nSPS) is 13.0. The molecule has 0 amide bonds. The lowest BCUT2D eigenvalue weighted by Crippen LogP contribution is -2.16. The number of hydrogen-bond acceptors (Lipinski definition) is 3. The second-order valence-corrected chi connectivity index (χ2v) is 4.40. The number of fused-ring (bicyclic) bond motifs is 1. The van der Waals surface area contributed by atoms with Crippen molar-refractivity contribution < 1.29 is 8.83 Å². The van der Waals surface area contributed by atoms with Gasteiger partial charge in [-0.15, -0.1) is 0 Å². The quantitative estimate of drug-likeness (QED) is 0.760. The Hall–Kier alpha value is -2.00. The van der Waals surface area contributed by atoms with Gasteiger partial charge in [-0.3, -0.25) is 0 Å². The second-order valence-electron chi connectivity index (χ2n) is 4.40. The van der Waals surface area contributed by atoms with Gasteiger partial charge in [0.1, 0.15) is 17.1 Å². The number of rotatable bonds is 3. The van der Waals surface area contributed by atoms with E-state index < -0.39 is 0 Å². The molecule has 1 atom stereocenters. The van der Waals surface area contributed by atoms with E-state index in [1.54, 1.807) is 6.26 Å². The molecular formula is C15H15NO2. The summed E-state index contributed by atoms with van der Waals surface area (Å²) in [5.41, 5.74) is 1.99. The molecule has 2 aromatic heterocycles. The highest BCUT2D eigenvalue weighted by Crippen LogP contribution is 2.28. The number of aryl methyl sites for hydroxylation is 1. The van der Waals surface area contributed by atoms with Crippen molar-refractivity contribution in [2.45, 2.75) is 13.0 Å². The molecule has 0 spiro atoms. The maximum Gasteiger partial charge on any atom is 0.134 e. The first-order valence-electron chi connectivity index (χ1n) is 5.98. The summed E-state index contributed by atoms with van der Waals surface area (Å²) >= 11 is 0. The number of furan rings is 2. The van der Waals surface area contributed by atoms with E-state index in [1.165, 1.54) is 0 Å². The Bertz CT molecular complexity index is 633. The van der Waals surface area contributed by atoms with Gasteiger partial charge in [0, 0.05) is 10.9 Å². The van der Waals surface area contributed by atoms with Crippen LogP contribution in [0, 0.1) is 6.92 Å². The Morgan fingerprint density at radius 2 is 2.00 bits per heavy atom. The molecule has 0 bridgehead atoms. The van der Waals surface area contributed by atoms with Crippen LogP contribution in [0.4, 0.5) is 0 Å². The summed E-state index contributed by atoms with van der Waals surface area (Å²) in [5, 5.41) is 4.37. The minimum absolute atomic E-state index is 0.0230. The van der Waals surface area contributed by atoms with Crippen LogP contribution >= 0.6 is 0 Å². The lowest BCUT2D eigenvalue weighted by atomic mass is 10.1. The molecule has 0 saturated heterocycles. The molecular weight excluding hydrogens is 226 g/mol. The highest BCUT2D eigenvalue weighted by Gasteiger charge is 2.18. The Balaban J connectivity index is 2.05. The Labute approximate surface area is 105 Å². The summed E-state index contributed by atoms with van der Waals surface area (Å²) in [6, 6.07) is 12.1. The first-order valence-corrected chi connectivity index (χ1v) is 5.98. The molecule has 2 heterocycles. The Kier molecular flexibility index (Phi) is 2.68. The highest BCUT2D eigenvalue weighted by atomic mass is 16.3. The van der Waals surface area contributed by atoms with E-state index >= 15 is 0 Å². The van der Waals surface area contributed by atoms with Crippen molar-refractivity contribution in [3.63, 3.8) is 0 Å². The lowest BCUT2D eigenvalue weighted by molar-refractivity contribution is 0.483. The van der Waals surface area contributed by atoms with Gasteiger partial charge >= 0.3 is 0 Å². The van der Waals surface area contributed by atoms with Gasteiger partial charge in [-0.2, -0.15) is 0 Å². The number of para-hydroxylation sites is 1. The van der Waals surface area contributed by atoms with Gasteiger partial charge in [0.15, 0.2) is 0 Å². The average molecular weight is 241 g/mol. The maximum absolute atomic E-state index is 5.88. The summed E-state index contributed by atoms with van der Waals surface area (Å²) in [5.74, 6) is 1.81. The second kappa shape index (κ2) is 4.35. The van der Waals surface area contributed by atoms with E-state index in [-0.39, 0.29) is 6.04 Å². The monoisotopic (exact) mass is 241 g/mol. The lowest BCUT2D eigenvalue weighted by Gasteiger charge is -2.10. The molecule has 0 aliphatic rings. The van der Waals surface area contributed by atoms with Crippen LogP contribution in [-0.2, 0) is 0 Å². The first-order chi connectivity index (χ1) is 8.78. The molecule has 1 unspecified atom stereocenters. The molecule has 18 heavy (non-hydrogen) atoms. The predicted molar refractivity (Wildman–Crippen MR) is 70.6 cm³/mol. The fourth-order valence-corrected chi connectivity index (χ4v) is 2.23. The third kappa shape index (κ3) is 1.83. The van der Waals surface area contributed by atoms with E-state index in [2.05, 4.69) is 17.4 Å². The van der Waals surface area contributed by atoms with Gasteiger partial charge in [0.05, 0.1) is 12.3 Å². The number of hydrogen-bond donors (Lipinski definition) is 1. The Morgan fingerprint density at radius 1 is 1.17 bits per heavy atom. The molecule has 1 aromatic carbocycles. The molecule has 3 heteroatoms. The van der Waals surface area contributed by atoms with Crippen molar-refractivity contribution in [3.05, 3.63) is 59.7 Å².